The molecular weight excluding hydrogens is 256 g/mol. The summed E-state index contributed by atoms with van der Waals surface area (Å²) in [4.78, 5) is 0. The Hall–Kier alpha value is -1.40. The van der Waals surface area contributed by atoms with Gasteiger partial charge < -0.3 is 20.3 Å². The van der Waals surface area contributed by atoms with E-state index in [1.807, 2.05) is 0 Å². The van der Waals surface area contributed by atoms with Crippen LogP contribution < -0.4 is 15.2 Å². The highest BCUT2D eigenvalue weighted by atomic mass is 19.3. The van der Waals surface area contributed by atoms with Crippen LogP contribution in [0.25, 0.3) is 0 Å². The average Bonchev–Trinajstić information content (AvgIpc) is 2.58. The van der Waals surface area contributed by atoms with E-state index in [2.05, 4.69) is 9.47 Å². The normalized spacial score (nSPS) is 23.8. The number of rotatable bonds is 3. The third-order valence-electron chi connectivity index (χ3n) is 3.81. The van der Waals surface area contributed by atoms with Gasteiger partial charge in [0.25, 0.3) is 0 Å². The van der Waals surface area contributed by atoms with Gasteiger partial charge in [0.15, 0.2) is 11.5 Å². The number of hydrogen-bond donors (Lipinski definition) is 2. The van der Waals surface area contributed by atoms with Crippen LogP contribution in [0.1, 0.15) is 30.9 Å². The molecule has 1 aliphatic heterocycles. The molecule has 0 amide bonds. The molecule has 4 nitrogen and oxygen atoms in total. The minimum atomic E-state index is -3.63. The third-order valence-corrected chi connectivity index (χ3v) is 3.81. The molecule has 0 unspecified atom stereocenters. The SMILES string of the molecule is N[C@H](c1ccc2c(c1)OC(F)(F)O2)[C@@H](O)C1CCC1. The van der Waals surface area contributed by atoms with Gasteiger partial charge in [-0.1, -0.05) is 12.5 Å². The number of alkyl halides is 2. The van der Waals surface area contributed by atoms with E-state index in [9.17, 15) is 13.9 Å². The molecule has 1 aliphatic carbocycles. The van der Waals surface area contributed by atoms with Crippen molar-refractivity contribution >= 4 is 0 Å². The Kier molecular flexibility index (Phi) is 2.87. The van der Waals surface area contributed by atoms with E-state index < -0.39 is 18.4 Å². The van der Waals surface area contributed by atoms with Crippen LogP contribution in [0.3, 0.4) is 0 Å². The number of aliphatic hydroxyl groups excluding tert-OH is 1. The zero-order valence-electron chi connectivity index (χ0n) is 10.2. The standard InChI is InChI=1S/C13H15F2NO3/c14-13(15)18-9-5-4-8(6-10(9)19-13)11(16)12(17)7-2-1-3-7/h4-7,11-12,17H,1-3,16H2/t11-,12+/m1/s1. The van der Waals surface area contributed by atoms with Crippen LogP contribution in [0.15, 0.2) is 18.2 Å². The van der Waals surface area contributed by atoms with Gasteiger partial charge in [0.1, 0.15) is 0 Å². The van der Waals surface area contributed by atoms with Crippen LogP contribution >= 0.6 is 0 Å². The first-order valence-electron chi connectivity index (χ1n) is 6.30. The number of fused-ring (bicyclic) bond motifs is 1. The summed E-state index contributed by atoms with van der Waals surface area (Å²) in [5.41, 5.74) is 6.55. The molecule has 2 aliphatic rings. The van der Waals surface area contributed by atoms with E-state index in [-0.39, 0.29) is 17.4 Å². The van der Waals surface area contributed by atoms with Crippen LogP contribution in [0.2, 0.25) is 0 Å². The molecule has 0 bridgehead atoms. The summed E-state index contributed by atoms with van der Waals surface area (Å²) in [6, 6.07) is 3.77. The number of benzene rings is 1. The molecule has 3 N–H and O–H groups in total. The third kappa shape index (κ3) is 2.26. The molecule has 1 aromatic rings. The van der Waals surface area contributed by atoms with Gasteiger partial charge in [0.05, 0.1) is 12.1 Å². The Labute approximate surface area is 109 Å². The van der Waals surface area contributed by atoms with Gasteiger partial charge >= 0.3 is 6.29 Å². The second-order valence-corrected chi connectivity index (χ2v) is 5.08. The van der Waals surface area contributed by atoms with Crippen molar-refractivity contribution in [3.63, 3.8) is 0 Å². The lowest BCUT2D eigenvalue weighted by molar-refractivity contribution is -0.286. The lowest BCUT2D eigenvalue weighted by Gasteiger charge is -2.33. The van der Waals surface area contributed by atoms with Crippen molar-refractivity contribution in [1.29, 1.82) is 0 Å². The Morgan fingerprint density at radius 1 is 1.26 bits per heavy atom. The Morgan fingerprint density at radius 2 is 1.95 bits per heavy atom. The van der Waals surface area contributed by atoms with E-state index in [1.165, 1.54) is 12.1 Å². The van der Waals surface area contributed by atoms with Crippen LogP contribution in [0, 0.1) is 5.92 Å². The molecule has 0 saturated heterocycles. The number of aliphatic hydroxyl groups is 1. The topological polar surface area (TPSA) is 64.7 Å². The molecule has 19 heavy (non-hydrogen) atoms. The maximum absolute atomic E-state index is 12.9. The summed E-state index contributed by atoms with van der Waals surface area (Å²) in [6.07, 6.45) is -1.27. The van der Waals surface area contributed by atoms with E-state index >= 15 is 0 Å². The molecule has 0 radical (unpaired) electrons. The van der Waals surface area contributed by atoms with Crippen LogP contribution in [0.5, 0.6) is 11.5 Å². The molecule has 104 valence electrons. The molecule has 3 rings (SSSR count). The molecule has 0 aromatic heterocycles. The van der Waals surface area contributed by atoms with Gasteiger partial charge in [-0.05, 0) is 36.5 Å². The van der Waals surface area contributed by atoms with Gasteiger partial charge in [0, 0.05) is 0 Å². The minimum Gasteiger partial charge on any atom is -0.395 e. The Morgan fingerprint density at radius 3 is 2.58 bits per heavy atom. The fourth-order valence-electron chi connectivity index (χ4n) is 2.44. The largest absolute Gasteiger partial charge is 0.586 e. The fourth-order valence-corrected chi connectivity index (χ4v) is 2.44. The predicted octanol–water partition coefficient (Wildman–Crippen LogP) is 2.17. The van der Waals surface area contributed by atoms with Crippen molar-refractivity contribution in [2.75, 3.05) is 0 Å². The lowest BCUT2D eigenvalue weighted by atomic mass is 9.77. The minimum absolute atomic E-state index is 0.0147. The lowest BCUT2D eigenvalue weighted by Crippen LogP contribution is -2.36. The zero-order valence-corrected chi connectivity index (χ0v) is 10.2. The molecule has 1 fully saturated rings. The van der Waals surface area contributed by atoms with Gasteiger partial charge in [0.2, 0.25) is 0 Å². The first-order chi connectivity index (χ1) is 8.96. The first-order valence-corrected chi connectivity index (χ1v) is 6.30. The number of nitrogens with two attached hydrogens (primary N) is 1. The van der Waals surface area contributed by atoms with Crippen molar-refractivity contribution in [2.24, 2.45) is 11.7 Å². The maximum atomic E-state index is 12.9. The van der Waals surface area contributed by atoms with Crippen molar-refractivity contribution in [3.05, 3.63) is 23.8 Å². The summed E-state index contributed by atoms with van der Waals surface area (Å²) in [6.45, 7) is 0. The summed E-state index contributed by atoms with van der Waals surface area (Å²) >= 11 is 0. The Bertz CT molecular complexity index is 491. The van der Waals surface area contributed by atoms with Crippen molar-refractivity contribution in [3.8, 4) is 11.5 Å². The number of halogens is 2. The smallest absolute Gasteiger partial charge is 0.395 e. The van der Waals surface area contributed by atoms with E-state index in [1.54, 1.807) is 6.07 Å². The van der Waals surface area contributed by atoms with Crippen molar-refractivity contribution in [2.45, 2.75) is 37.7 Å². The highest BCUT2D eigenvalue weighted by Crippen LogP contribution is 2.43. The van der Waals surface area contributed by atoms with Crippen LogP contribution in [-0.4, -0.2) is 17.5 Å². The summed E-state index contributed by atoms with van der Waals surface area (Å²) in [5, 5.41) is 10.1. The predicted molar refractivity (Wildman–Crippen MR) is 62.9 cm³/mol. The maximum Gasteiger partial charge on any atom is 0.586 e. The molecule has 1 heterocycles. The Balaban J connectivity index is 1.79. The summed E-state index contributed by atoms with van der Waals surface area (Å²) in [7, 11) is 0. The van der Waals surface area contributed by atoms with Gasteiger partial charge in [-0.3, -0.25) is 0 Å². The first kappa shape index (κ1) is 12.6. The van der Waals surface area contributed by atoms with E-state index in [0.29, 0.717) is 5.56 Å². The van der Waals surface area contributed by atoms with Crippen molar-refractivity contribution < 1.29 is 23.4 Å². The zero-order chi connectivity index (χ0) is 13.6. The monoisotopic (exact) mass is 271 g/mol. The molecule has 1 aromatic carbocycles. The number of ether oxygens (including phenoxy) is 2. The molecule has 6 heteroatoms. The molecule has 2 atom stereocenters. The average molecular weight is 271 g/mol. The van der Waals surface area contributed by atoms with E-state index in [0.717, 1.165) is 19.3 Å². The quantitative estimate of drug-likeness (QED) is 0.884. The van der Waals surface area contributed by atoms with Gasteiger partial charge in [-0.25, -0.2) is 0 Å². The molecule has 1 saturated carbocycles. The second kappa shape index (κ2) is 4.31. The highest BCUT2D eigenvalue weighted by Gasteiger charge is 2.43. The summed E-state index contributed by atoms with van der Waals surface area (Å²) in [5.74, 6) is 0.139. The highest BCUT2D eigenvalue weighted by molar-refractivity contribution is 5.46. The van der Waals surface area contributed by atoms with E-state index in [4.69, 9.17) is 5.73 Å². The van der Waals surface area contributed by atoms with Gasteiger partial charge in [-0.15, -0.1) is 8.78 Å². The summed E-state index contributed by atoms with van der Waals surface area (Å²) < 4.78 is 34.5. The fraction of sp³-hybridized carbons (Fsp3) is 0.538. The van der Waals surface area contributed by atoms with Crippen LogP contribution in [0.4, 0.5) is 8.78 Å². The van der Waals surface area contributed by atoms with Gasteiger partial charge in [-0.2, -0.15) is 0 Å². The van der Waals surface area contributed by atoms with Crippen molar-refractivity contribution in [1.82, 2.24) is 0 Å². The van der Waals surface area contributed by atoms with Crippen LogP contribution in [-0.2, 0) is 0 Å². The molecular formula is C13H15F2NO3. The molecule has 0 spiro atoms. The second-order valence-electron chi connectivity index (χ2n) is 5.08. The number of hydrogen-bond acceptors (Lipinski definition) is 4.